The fraction of sp³-hybridized carbons (Fsp3) is 0.0500. The molecule has 0 amide bonds. The Hall–Kier alpha value is -2.98. The van der Waals surface area contributed by atoms with Crippen LogP contribution in [-0.4, -0.2) is 22.1 Å². The van der Waals surface area contributed by atoms with Crippen LogP contribution in [0.15, 0.2) is 67.3 Å². The average molecular weight is 348 g/mol. The Bertz CT molecular complexity index is 1070. The van der Waals surface area contributed by atoms with Gasteiger partial charge in [-0.15, -0.1) is 0 Å². The minimum atomic E-state index is 0.630. The van der Waals surface area contributed by atoms with Gasteiger partial charge in [-0.1, -0.05) is 23.7 Å². The Morgan fingerprint density at radius 1 is 0.960 bits per heavy atom. The first kappa shape index (κ1) is 15.5. The van der Waals surface area contributed by atoms with Gasteiger partial charge in [-0.3, -0.25) is 4.98 Å². The third-order valence-electron chi connectivity index (χ3n) is 4.05. The molecule has 0 aliphatic heterocycles. The molecule has 0 radical (unpaired) electrons. The molecule has 2 aromatic carbocycles. The Kier molecular flexibility index (Phi) is 4.04. The number of methoxy groups -OCH3 is 1. The van der Waals surface area contributed by atoms with Crippen LogP contribution in [0.25, 0.3) is 33.3 Å². The first-order chi connectivity index (χ1) is 12.3. The lowest BCUT2D eigenvalue weighted by molar-refractivity contribution is 0.415. The summed E-state index contributed by atoms with van der Waals surface area (Å²) in [5, 5.41) is 1.61. The molecule has 0 spiro atoms. The van der Waals surface area contributed by atoms with Crippen molar-refractivity contribution in [2.75, 3.05) is 7.11 Å². The SMILES string of the molecule is COc1ccc(Cl)c(-c2ncccc2-c2ccc3ncncc3c2)c1. The Morgan fingerprint density at radius 3 is 2.76 bits per heavy atom. The minimum Gasteiger partial charge on any atom is -0.497 e. The quantitative estimate of drug-likeness (QED) is 0.522. The molecule has 2 aromatic heterocycles. The lowest BCUT2D eigenvalue weighted by atomic mass is 9.98. The predicted octanol–water partition coefficient (Wildman–Crippen LogP) is 5.02. The molecule has 0 unspecified atom stereocenters. The van der Waals surface area contributed by atoms with Gasteiger partial charge in [0.1, 0.15) is 12.1 Å². The topological polar surface area (TPSA) is 47.9 Å². The summed E-state index contributed by atoms with van der Waals surface area (Å²) in [6.07, 6.45) is 5.12. The fourth-order valence-electron chi connectivity index (χ4n) is 2.82. The summed E-state index contributed by atoms with van der Waals surface area (Å²) in [5.41, 5.74) is 4.57. The van der Waals surface area contributed by atoms with Gasteiger partial charge >= 0.3 is 0 Å². The van der Waals surface area contributed by atoms with Gasteiger partial charge in [0, 0.05) is 28.9 Å². The molecule has 4 nitrogen and oxygen atoms in total. The highest BCUT2D eigenvalue weighted by Crippen LogP contribution is 2.36. The van der Waals surface area contributed by atoms with E-state index in [0.29, 0.717) is 5.02 Å². The van der Waals surface area contributed by atoms with E-state index in [9.17, 15) is 0 Å². The van der Waals surface area contributed by atoms with Crippen molar-refractivity contribution in [1.29, 1.82) is 0 Å². The predicted molar refractivity (Wildman–Crippen MR) is 99.8 cm³/mol. The minimum absolute atomic E-state index is 0.630. The number of fused-ring (bicyclic) bond motifs is 1. The second-order valence-electron chi connectivity index (χ2n) is 5.54. The van der Waals surface area contributed by atoms with Crippen LogP contribution in [0.4, 0.5) is 0 Å². The third kappa shape index (κ3) is 2.92. The number of rotatable bonds is 3. The van der Waals surface area contributed by atoms with Crippen molar-refractivity contribution in [1.82, 2.24) is 15.0 Å². The first-order valence-electron chi connectivity index (χ1n) is 7.75. The van der Waals surface area contributed by atoms with Crippen LogP contribution in [0.5, 0.6) is 5.75 Å². The van der Waals surface area contributed by atoms with E-state index in [2.05, 4.69) is 21.0 Å². The number of ether oxygens (including phenoxy) is 1. The van der Waals surface area contributed by atoms with Crippen molar-refractivity contribution >= 4 is 22.5 Å². The summed E-state index contributed by atoms with van der Waals surface area (Å²) >= 11 is 6.43. The number of aromatic nitrogens is 3. The molecule has 0 aliphatic rings. The van der Waals surface area contributed by atoms with Gasteiger partial charge in [0.2, 0.25) is 0 Å². The zero-order chi connectivity index (χ0) is 17.2. The van der Waals surface area contributed by atoms with Gasteiger partial charge in [-0.2, -0.15) is 0 Å². The maximum absolute atomic E-state index is 6.43. The zero-order valence-corrected chi connectivity index (χ0v) is 14.2. The van der Waals surface area contributed by atoms with E-state index < -0.39 is 0 Å². The van der Waals surface area contributed by atoms with Crippen LogP contribution in [0.1, 0.15) is 0 Å². The van der Waals surface area contributed by atoms with Crippen molar-refractivity contribution in [3.63, 3.8) is 0 Å². The number of halogens is 1. The van der Waals surface area contributed by atoms with Gasteiger partial charge in [-0.05, 0) is 42.0 Å². The molecule has 25 heavy (non-hydrogen) atoms. The van der Waals surface area contributed by atoms with Crippen molar-refractivity contribution < 1.29 is 4.74 Å². The lowest BCUT2D eigenvalue weighted by Gasteiger charge is -2.12. The number of pyridine rings is 1. The molecule has 0 saturated heterocycles. The number of hydrogen-bond acceptors (Lipinski definition) is 4. The van der Waals surface area contributed by atoms with E-state index in [1.807, 2.05) is 42.5 Å². The highest BCUT2D eigenvalue weighted by atomic mass is 35.5. The molecule has 4 rings (SSSR count). The molecule has 0 fully saturated rings. The second-order valence-corrected chi connectivity index (χ2v) is 5.95. The third-order valence-corrected chi connectivity index (χ3v) is 4.38. The molecular weight excluding hydrogens is 334 g/mol. The van der Waals surface area contributed by atoms with Gasteiger partial charge in [0.25, 0.3) is 0 Å². The zero-order valence-electron chi connectivity index (χ0n) is 13.5. The highest BCUT2D eigenvalue weighted by molar-refractivity contribution is 6.33. The molecule has 0 aliphatic carbocycles. The average Bonchev–Trinajstić information content (AvgIpc) is 2.68. The fourth-order valence-corrected chi connectivity index (χ4v) is 3.02. The smallest absolute Gasteiger partial charge is 0.119 e. The molecule has 2 heterocycles. The molecule has 0 N–H and O–H groups in total. The molecule has 5 heteroatoms. The molecule has 0 saturated carbocycles. The second kappa shape index (κ2) is 6.49. The van der Waals surface area contributed by atoms with Crippen molar-refractivity contribution in [2.24, 2.45) is 0 Å². The largest absolute Gasteiger partial charge is 0.497 e. The van der Waals surface area contributed by atoms with Gasteiger partial charge in [-0.25, -0.2) is 9.97 Å². The van der Waals surface area contributed by atoms with Gasteiger partial charge in [0.05, 0.1) is 23.3 Å². The van der Waals surface area contributed by atoms with Gasteiger partial charge < -0.3 is 4.74 Å². The van der Waals surface area contributed by atoms with E-state index in [1.165, 1.54) is 0 Å². The van der Waals surface area contributed by atoms with Crippen LogP contribution in [0.3, 0.4) is 0 Å². The number of hydrogen-bond donors (Lipinski definition) is 0. The molecular formula is C20H14ClN3O. The van der Waals surface area contributed by atoms with Crippen molar-refractivity contribution in [3.05, 3.63) is 72.3 Å². The van der Waals surface area contributed by atoms with E-state index in [4.69, 9.17) is 16.3 Å². The van der Waals surface area contributed by atoms with E-state index >= 15 is 0 Å². The summed E-state index contributed by atoms with van der Waals surface area (Å²) in [6, 6.07) is 15.6. The maximum Gasteiger partial charge on any atom is 0.119 e. The lowest BCUT2D eigenvalue weighted by Crippen LogP contribution is -1.92. The standard InChI is InChI=1S/C20H14ClN3O/c1-25-15-5-6-18(21)17(10-15)20-16(3-2-8-23-20)13-4-7-19-14(9-13)11-22-12-24-19/h2-12H,1H3. The Morgan fingerprint density at radius 2 is 1.88 bits per heavy atom. The molecule has 122 valence electrons. The molecule has 0 bridgehead atoms. The van der Waals surface area contributed by atoms with Crippen molar-refractivity contribution in [3.8, 4) is 28.1 Å². The van der Waals surface area contributed by atoms with Crippen LogP contribution in [-0.2, 0) is 0 Å². The van der Waals surface area contributed by atoms with Crippen LogP contribution >= 0.6 is 11.6 Å². The summed E-state index contributed by atoms with van der Waals surface area (Å²) < 4.78 is 5.33. The molecule has 0 atom stereocenters. The molecule has 4 aromatic rings. The summed E-state index contributed by atoms with van der Waals surface area (Å²) in [6.45, 7) is 0. The highest BCUT2D eigenvalue weighted by Gasteiger charge is 2.13. The number of nitrogens with zero attached hydrogens (tertiary/aromatic N) is 3. The monoisotopic (exact) mass is 347 g/mol. The maximum atomic E-state index is 6.43. The van der Waals surface area contributed by atoms with Crippen molar-refractivity contribution in [2.45, 2.75) is 0 Å². The van der Waals surface area contributed by atoms with Crippen LogP contribution in [0, 0.1) is 0 Å². The van der Waals surface area contributed by atoms with E-state index in [1.54, 1.807) is 25.8 Å². The summed E-state index contributed by atoms with van der Waals surface area (Å²) in [4.78, 5) is 12.9. The van der Waals surface area contributed by atoms with Crippen LogP contribution in [0.2, 0.25) is 5.02 Å². The first-order valence-corrected chi connectivity index (χ1v) is 8.13. The summed E-state index contributed by atoms with van der Waals surface area (Å²) in [7, 11) is 1.63. The Balaban J connectivity index is 1.92. The number of benzene rings is 2. The normalized spacial score (nSPS) is 10.8. The van der Waals surface area contributed by atoms with Crippen LogP contribution < -0.4 is 4.74 Å². The Labute approximate surface area is 150 Å². The van der Waals surface area contributed by atoms with Gasteiger partial charge in [0.15, 0.2) is 0 Å². The summed E-state index contributed by atoms with van der Waals surface area (Å²) in [5.74, 6) is 0.739. The van der Waals surface area contributed by atoms with E-state index in [0.717, 1.165) is 39.0 Å². The van der Waals surface area contributed by atoms with E-state index in [-0.39, 0.29) is 0 Å².